The summed E-state index contributed by atoms with van der Waals surface area (Å²) >= 11 is 0. The zero-order valence-electron chi connectivity index (χ0n) is 13.5. The van der Waals surface area contributed by atoms with E-state index in [9.17, 15) is 4.79 Å². The van der Waals surface area contributed by atoms with Crippen molar-refractivity contribution in [2.45, 2.75) is 77.8 Å². The molecule has 4 unspecified atom stereocenters. The van der Waals surface area contributed by atoms with Gasteiger partial charge in [0.05, 0.1) is 6.04 Å². The third kappa shape index (κ3) is 4.21. The van der Waals surface area contributed by atoms with E-state index in [0.717, 1.165) is 19.0 Å². The Labute approximate surface area is 124 Å². The first-order chi connectivity index (χ1) is 9.58. The summed E-state index contributed by atoms with van der Waals surface area (Å²) in [7, 11) is 0. The highest BCUT2D eigenvalue weighted by Crippen LogP contribution is 2.29. The van der Waals surface area contributed by atoms with Gasteiger partial charge in [-0.15, -0.1) is 0 Å². The quantitative estimate of drug-likeness (QED) is 0.861. The highest BCUT2D eigenvalue weighted by molar-refractivity contribution is 5.81. The number of nitrogens with zero attached hydrogens (tertiary/aromatic N) is 1. The third-order valence-electron chi connectivity index (χ3n) is 5.18. The number of likely N-dealkylation sites (tertiary alicyclic amines) is 1. The van der Waals surface area contributed by atoms with Crippen LogP contribution in [0.4, 0.5) is 0 Å². The predicted octanol–water partition coefficient (Wildman–Crippen LogP) is 3.19. The highest BCUT2D eigenvalue weighted by Gasteiger charge is 2.29. The Kier molecular flexibility index (Phi) is 5.88. The van der Waals surface area contributed by atoms with Gasteiger partial charge in [0.2, 0.25) is 5.91 Å². The molecule has 20 heavy (non-hydrogen) atoms. The minimum Gasteiger partial charge on any atom is -0.341 e. The molecule has 1 saturated carbocycles. The molecule has 0 radical (unpaired) electrons. The Balaban J connectivity index is 1.83. The van der Waals surface area contributed by atoms with Gasteiger partial charge in [-0.25, -0.2) is 0 Å². The average Bonchev–Trinajstić information content (AvgIpc) is 2.70. The molecule has 2 fully saturated rings. The lowest BCUT2D eigenvalue weighted by molar-refractivity contribution is -0.133. The monoisotopic (exact) mass is 280 g/mol. The summed E-state index contributed by atoms with van der Waals surface area (Å²) in [6.07, 6.45) is 8.73. The summed E-state index contributed by atoms with van der Waals surface area (Å²) in [5.74, 6) is 1.86. The molecule has 3 nitrogen and oxygen atoms in total. The number of rotatable bonds is 3. The van der Waals surface area contributed by atoms with Crippen molar-refractivity contribution in [1.29, 1.82) is 0 Å². The molecular formula is C17H32N2O. The van der Waals surface area contributed by atoms with E-state index in [4.69, 9.17) is 0 Å². The smallest absolute Gasteiger partial charge is 0.239 e. The number of amides is 1. The van der Waals surface area contributed by atoms with Crippen molar-refractivity contribution in [2.24, 2.45) is 11.8 Å². The van der Waals surface area contributed by atoms with Crippen LogP contribution < -0.4 is 5.32 Å². The fourth-order valence-corrected chi connectivity index (χ4v) is 3.87. The van der Waals surface area contributed by atoms with Crippen LogP contribution in [-0.2, 0) is 4.79 Å². The van der Waals surface area contributed by atoms with E-state index in [-0.39, 0.29) is 6.04 Å². The standard InChI is InChI=1S/C17H32N2O/c1-13-8-9-16(14(2)12-13)18-15(3)17(20)19-10-6-4-5-7-11-19/h13-16,18H,4-12H2,1-3H3. The Morgan fingerprint density at radius 2 is 1.75 bits per heavy atom. The second kappa shape index (κ2) is 7.44. The zero-order valence-corrected chi connectivity index (χ0v) is 13.5. The summed E-state index contributed by atoms with van der Waals surface area (Å²) < 4.78 is 0. The van der Waals surface area contributed by atoms with Gasteiger partial charge in [0.1, 0.15) is 0 Å². The SMILES string of the molecule is CC1CCC(NC(C)C(=O)N2CCCCCC2)C(C)C1. The van der Waals surface area contributed by atoms with Crippen LogP contribution in [0.15, 0.2) is 0 Å². The lowest BCUT2D eigenvalue weighted by Gasteiger charge is -2.36. The van der Waals surface area contributed by atoms with Gasteiger partial charge < -0.3 is 10.2 Å². The van der Waals surface area contributed by atoms with Gasteiger partial charge in [-0.2, -0.15) is 0 Å². The number of hydrogen-bond acceptors (Lipinski definition) is 2. The molecule has 2 rings (SSSR count). The van der Waals surface area contributed by atoms with Crippen LogP contribution in [0.3, 0.4) is 0 Å². The Bertz CT molecular complexity index is 310. The molecule has 2 aliphatic rings. The van der Waals surface area contributed by atoms with Gasteiger partial charge >= 0.3 is 0 Å². The van der Waals surface area contributed by atoms with Crippen LogP contribution in [0.5, 0.6) is 0 Å². The molecule has 1 saturated heterocycles. The van der Waals surface area contributed by atoms with Gasteiger partial charge in [0.25, 0.3) is 0 Å². The van der Waals surface area contributed by atoms with Crippen molar-refractivity contribution in [2.75, 3.05) is 13.1 Å². The molecule has 0 spiro atoms. The Hall–Kier alpha value is -0.570. The van der Waals surface area contributed by atoms with E-state index in [2.05, 4.69) is 31.0 Å². The second-order valence-electron chi connectivity index (χ2n) is 7.13. The summed E-state index contributed by atoms with van der Waals surface area (Å²) in [5.41, 5.74) is 0. The maximum absolute atomic E-state index is 12.6. The van der Waals surface area contributed by atoms with Crippen LogP contribution in [0.2, 0.25) is 0 Å². The molecule has 3 heteroatoms. The van der Waals surface area contributed by atoms with Gasteiger partial charge in [0.15, 0.2) is 0 Å². The summed E-state index contributed by atoms with van der Waals surface area (Å²) in [6.45, 7) is 8.65. The Morgan fingerprint density at radius 3 is 2.35 bits per heavy atom. The fraction of sp³-hybridized carbons (Fsp3) is 0.941. The average molecular weight is 280 g/mol. The van der Waals surface area contributed by atoms with E-state index in [1.54, 1.807) is 0 Å². The number of carbonyl (C=O) groups excluding carboxylic acids is 1. The predicted molar refractivity (Wildman–Crippen MR) is 83.6 cm³/mol. The largest absolute Gasteiger partial charge is 0.341 e. The maximum atomic E-state index is 12.6. The lowest BCUT2D eigenvalue weighted by Crippen LogP contribution is -2.51. The second-order valence-corrected chi connectivity index (χ2v) is 7.13. The minimum atomic E-state index is -0.0195. The van der Waals surface area contributed by atoms with E-state index < -0.39 is 0 Å². The van der Waals surface area contributed by atoms with Gasteiger partial charge in [0, 0.05) is 19.1 Å². The van der Waals surface area contributed by atoms with Gasteiger partial charge in [-0.1, -0.05) is 26.7 Å². The van der Waals surface area contributed by atoms with Crippen LogP contribution in [0, 0.1) is 11.8 Å². The normalized spacial score (nSPS) is 33.5. The van der Waals surface area contributed by atoms with Gasteiger partial charge in [-0.05, 0) is 50.9 Å². The topological polar surface area (TPSA) is 32.3 Å². The lowest BCUT2D eigenvalue weighted by atomic mass is 9.79. The first-order valence-corrected chi connectivity index (χ1v) is 8.62. The summed E-state index contributed by atoms with van der Waals surface area (Å²) in [5, 5.41) is 3.62. The number of carbonyl (C=O) groups is 1. The minimum absolute atomic E-state index is 0.0195. The molecule has 116 valence electrons. The van der Waals surface area contributed by atoms with E-state index >= 15 is 0 Å². The van der Waals surface area contributed by atoms with Crippen molar-refractivity contribution in [3.63, 3.8) is 0 Å². The molecular weight excluding hydrogens is 248 g/mol. The first-order valence-electron chi connectivity index (χ1n) is 8.62. The molecule has 0 aromatic rings. The first kappa shape index (κ1) is 15.8. The highest BCUT2D eigenvalue weighted by atomic mass is 16.2. The summed E-state index contributed by atoms with van der Waals surface area (Å²) in [6, 6.07) is 0.506. The fourth-order valence-electron chi connectivity index (χ4n) is 3.87. The molecule has 4 atom stereocenters. The van der Waals surface area contributed by atoms with Crippen LogP contribution in [-0.4, -0.2) is 36.0 Å². The molecule has 0 aromatic heterocycles. The zero-order chi connectivity index (χ0) is 14.5. The van der Waals surface area contributed by atoms with Crippen molar-refractivity contribution >= 4 is 5.91 Å². The van der Waals surface area contributed by atoms with E-state index in [1.165, 1.54) is 44.9 Å². The third-order valence-corrected chi connectivity index (χ3v) is 5.18. The molecule has 1 heterocycles. The Morgan fingerprint density at radius 1 is 1.10 bits per heavy atom. The van der Waals surface area contributed by atoms with Crippen LogP contribution in [0.25, 0.3) is 0 Å². The van der Waals surface area contributed by atoms with Crippen LogP contribution in [0.1, 0.15) is 65.7 Å². The van der Waals surface area contributed by atoms with Crippen LogP contribution >= 0.6 is 0 Å². The number of hydrogen-bond donors (Lipinski definition) is 1. The maximum Gasteiger partial charge on any atom is 0.239 e. The van der Waals surface area contributed by atoms with E-state index in [1.807, 2.05) is 0 Å². The van der Waals surface area contributed by atoms with Gasteiger partial charge in [-0.3, -0.25) is 4.79 Å². The van der Waals surface area contributed by atoms with E-state index in [0.29, 0.717) is 17.9 Å². The van der Waals surface area contributed by atoms with Crippen molar-refractivity contribution < 1.29 is 4.79 Å². The molecule has 1 aliphatic carbocycles. The van der Waals surface area contributed by atoms with Crippen molar-refractivity contribution in [3.8, 4) is 0 Å². The van der Waals surface area contributed by atoms with Crippen molar-refractivity contribution in [3.05, 3.63) is 0 Å². The molecule has 0 bridgehead atoms. The molecule has 1 amide bonds. The number of nitrogens with one attached hydrogen (secondary N) is 1. The summed E-state index contributed by atoms with van der Waals surface area (Å²) in [4.78, 5) is 14.6. The molecule has 1 aliphatic heterocycles. The van der Waals surface area contributed by atoms with Crippen molar-refractivity contribution in [1.82, 2.24) is 10.2 Å². The molecule has 0 aromatic carbocycles. The molecule has 1 N–H and O–H groups in total.